The lowest BCUT2D eigenvalue weighted by atomic mass is 10.2. The van der Waals surface area contributed by atoms with Crippen molar-refractivity contribution in [3.8, 4) is 11.4 Å². The van der Waals surface area contributed by atoms with E-state index in [0.29, 0.717) is 30.0 Å². The zero-order valence-corrected chi connectivity index (χ0v) is 17.5. The molecule has 0 bridgehead atoms. The van der Waals surface area contributed by atoms with Gasteiger partial charge in [-0.2, -0.15) is 0 Å². The first-order valence-corrected chi connectivity index (χ1v) is 10.0. The number of aryl methyl sites for hydroxylation is 1. The molecular formula is C23H24N4O4. The highest BCUT2D eigenvalue weighted by Gasteiger charge is 2.19. The van der Waals surface area contributed by atoms with E-state index in [2.05, 4.69) is 4.98 Å². The third-order valence-corrected chi connectivity index (χ3v) is 5.06. The van der Waals surface area contributed by atoms with Gasteiger partial charge in [0.1, 0.15) is 12.4 Å². The molecule has 2 heterocycles. The van der Waals surface area contributed by atoms with Crippen molar-refractivity contribution < 1.29 is 9.47 Å². The van der Waals surface area contributed by atoms with Crippen LogP contribution < -0.4 is 16.0 Å². The highest BCUT2D eigenvalue weighted by molar-refractivity contribution is 5.72. The van der Waals surface area contributed by atoms with Crippen molar-refractivity contribution in [3.05, 3.63) is 87.3 Å². The summed E-state index contributed by atoms with van der Waals surface area (Å²) in [5, 5.41) is 0. The van der Waals surface area contributed by atoms with Crippen LogP contribution in [0.25, 0.3) is 16.9 Å². The average Bonchev–Trinajstić information content (AvgIpc) is 3.19. The Bertz CT molecular complexity index is 1290. The highest BCUT2D eigenvalue weighted by atomic mass is 16.5. The number of methoxy groups -OCH3 is 1. The van der Waals surface area contributed by atoms with E-state index in [0.717, 1.165) is 11.3 Å². The third kappa shape index (κ3) is 4.15. The number of benzene rings is 2. The van der Waals surface area contributed by atoms with E-state index in [1.165, 1.54) is 16.2 Å². The minimum absolute atomic E-state index is 0.154. The fourth-order valence-corrected chi connectivity index (χ4v) is 3.43. The van der Waals surface area contributed by atoms with Crippen molar-refractivity contribution >= 4 is 11.2 Å². The van der Waals surface area contributed by atoms with Crippen molar-refractivity contribution in [1.29, 1.82) is 0 Å². The first-order chi connectivity index (χ1) is 15.1. The molecule has 2 aromatic carbocycles. The lowest BCUT2D eigenvalue weighted by molar-refractivity contribution is 0.184. The zero-order valence-electron chi connectivity index (χ0n) is 17.5. The molecule has 31 heavy (non-hydrogen) atoms. The summed E-state index contributed by atoms with van der Waals surface area (Å²) in [6.07, 6.45) is 1.57. The Morgan fingerprint density at radius 3 is 2.39 bits per heavy atom. The Morgan fingerprint density at radius 2 is 1.68 bits per heavy atom. The van der Waals surface area contributed by atoms with E-state index in [9.17, 15) is 9.59 Å². The maximum Gasteiger partial charge on any atom is 0.337 e. The van der Waals surface area contributed by atoms with Crippen LogP contribution in [0.4, 0.5) is 0 Å². The monoisotopic (exact) mass is 420 g/mol. The van der Waals surface area contributed by atoms with E-state index in [4.69, 9.17) is 9.47 Å². The topological polar surface area (TPSA) is 80.3 Å². The molecule has 0 spiro atoms. The van der Waals surface area contributed by atoms with Crippen LogP contribution >= 0.6 is 0 Å². The second-order valence-corrected chi connectivity index (χ2v) is 7.17. The molecule has 4 aromatic rings. The van der Waals surface area contributed by atoms with Crippen LogP contribution in [0.3, 0.4) is 0 Å². The van der Waals surface area contributed by atoms with Crippen LogP contribution in [0.5, 0.6) is 5.75 Å². The summed E-state index contributed by atoms with van der Waals surface area (Å²) < 4.78 is 15.3. The zero-order chi connectivity index (χ0) is 21.8. The summed E-state index contributed by atoms with van der Waals surface area (Å²) in [4.78, 5) is 30.8. The Balaban J connectivity index is 1.78. The minimum Gasteiger partial charge on any atom is -0.492 e. The Hall–Kier alpha value is -3.65. The van der Waals surface area contributed by atoms with Crippen LogP contribution in [0.1, 0.15) is 5.56 Å². The van der Waals surface area contributed by atoms with Gasteiger partial charge < -0.3 is 14.0 Å². The molecule has 4 rings (SSSR count). The molecular weight excluding hydrogens is 396 g/mol. The molecule has 0 atom stereocenters. The molecule has 0 aliphatic rings. The lowest BCUT2D eigenvalue weighted by Gasteiger charge is -2.13. The molecule has 160 valence electrons. The van der Waals surface area contributed by atoms with Crippen molar-refractivity contribution in [2.45, 2.75) is 20.0 Å². The van der Waals surface area contributed by atoms with Gasteiger partial charge in [-0.25, -0.2) is 14.3 Å². The van der Waals surface area contributed by atoms with Crippen LogP contribution in [0.2, 0.25) is 0 Å². The fourth-order valence-electron chi connectivity index (χ4n) is 3.43. The number of aromatic nitrogens is 4. The van der Waals surface area contributed by atoms with Crippen LogP contribution in [0, 0.1) is 6.92 Å². The van der Waals surface area contributed by atoms with Crippen LogP contribution in [-0.2, 0) is 17.8 Å². The number of hydrogen-bond donors (Lipinski definition) is 0. The van der Waals surface area contributed by atoms with Gasteiger partial charge in [0.05, 0.1) is 31.7 Å². The normalized spacial score (nSPS) is 11.2. The van der Waals surface area contributed by atoms with Gasteiger partial charge in [-0.15, -0.1) is 0 Å². The van der Waals surface area contributed by atoms with Gasteiger partial charge in [0.25, 0.3) is 5.56 Å². The van der Waals surface area contributed by atoms with E-state index >= 15 is 0 Å². The smallest absolute Gasteiger partial charge is 0.337 e. The van der Waals surface area contributed by atoms with Crippen molar-refractivity contribution in [2.75, 3.05) is 20.3 Å². The predicted molar refractivity (Wildman–Crippen MR) is 118 cm³/mol. The summed E-state index contributed by atoms with van der Waals surface area (Å²) in [5.41, 5.74) is 1.57. The molecule has 0 amide bonds. The molecule has 0 aliphatic heterocycles. The number of nitrogens with zero attached hydrogens (tertiary/aromatic N) is 4. The molecule has 2 aromatic heterocycles. The molecule has 0 saturated heterocycles. The van der Waals surface area contributed by atoms with Crippen molar-refractivity contribution in [3.63, 3.8) is 0 Å². The second kappa shape index (κ2) is 9.01. The van der Waals surface area contributed by atoms with Crippen LogP contribution in [-0.4, -0.2) is 39.0 Å². The molecule has 8 heteroatoms. The molecule has 0 fully saturated rings. The molecule has 0 unspecified atom stereocenters. The maximum atomic E-state index is 13.2. The summed E-state index contributed by atoms with van der Waals surface area (Å²) >= 11 is 0. The van der Waals surface area contributed by atoms with Gasteiger partial charge in [-0.1, -0.05) is 35.9 Å². The largest absolute Gasteiger partial charge is 0.492 e. The summed E-state index contributed by atoms with van der Waals surface area (Å²) in [6, 6.07) is 17.0. The maximum absolute atomic E-state index is 13.2. The highest BCUT2D eigenvalue weighted by Crippen LogP contribution is 2.14. The number of imidazole rings is 1. The van der Waals surface area contributed by atoms with E-state index in [1.807, 2.05) is 61.5 Å². The molecule has 0 radical (unpaired) electrons. The average molecular weight is 420 g/mol. The Morgan fingerprint density at radius 1 is 0.935 bits per heavy atom. The van der Waals surface area contributed by atoms with Gasteiger partial charge in [-0.05, 0) is 31.2 Å². The first kappa shape index (κ1) is 20.6. The summed E-state index contributed by atoms with van der Waals surface area (Å²) in [6.45, 7) is 3.15. The van der Waals surface area contributed by atoms with Gasteiger partial charge in [0.2, 0.25) is 0 Å². The summed E-state index contributed by atoms with van der Waals surface area (Å²) in [7, 11) is 1.53. The Labute approximate surface area is 178 Å². The second-order valence-electron chi connectivity index (χ2n) is 7.17. The lowest BCUT2D eigenvalue weighted by Crippen LogP contribution is -2.41. The predicted octanol–water partition coefficient (Wildman–Crippen LogP) is 2.38. The van der Waals surface area contributed by atoms with Gasteiger partial charge in [0.15, 0.2) is 11.2 Å². The Kier molecular flexibility index (Phi) is 5.99. The molecule has 8 nitrogen and oxygen atoms in total. The third-order valence-electron chi connectivity index (χ3n) is 5.06. The van der Waals surface area contributed by atoms with Gasteiger partial charge in [0, 0.05) is 7.11 Å². The number of rotatable bonds is 8. The fraction of sp³-hybridized carbons (Fsp3) is 0.261. The first-order valence-electron chi connectivity index (χ1n) is 10.0. The molecule has 0 aliphatic carbocycles. The molecule has 0 saturated carbocycles. The van der Waals surface area contributed by atoms with Crippen molar-refractivity contribution in [2.24, 2.45) is 0 Å². The number of fused-ring (bicyclic) bond motifs is 1. The molecule has 0 N–H and O–H groups in total. The van der Waals surface area contributed by atoms with E-state index in [1.54, 1.807) is 10.9 Å². The SMILES string of the molecule is COCCn1c(=O)c2c(ncn2CCOc2ccccc2)n(-c2ccc(C)cc2)c1=O. The van der Waals surface area contributed by atoms with Crippen molar-refractivity contribution in [1.82, 2.24) is 18.7 Å². The quantitative estimate of drug-likeness (QED) is 0.437. The van der Waals surface area contributed by atoms with E-state index < -0.39 is 11.2 Å². The minimum atomic E-state index is -0.441. The van der Waals surface area contributed by atoms with Gasteiger partial charge >= 0.3 is 5.69 Å². The number of hydrogen-bond acceptors (Lipinski definition) is 5. The number of ether oxygens (including phenoxy) is 2. The van der Waals surface area contributed by atoms with Crippen LogP contribution in [0.15, 0.2) is 70.5 Å². The summed E-state index contributed by atoms with van der Waals surface area (Å²) in [5.74, 6) is 0.751. The standard InChI is InChI=1S/C23H24N4O4/c1-17-8-10-18(11-9-17)27-21-20(22(28)26(23(27)29)13-14-30-2)25(16-24-21)12-15-31-19-6-4-3-5-7-19/h3-11,16H,12-15H2,1-2H3. The van der Waals surface area contributed by atoms with E-state index in [-0.39, 0.29) is 13.2 Å². The van der Waals surface area contributed by atoms with Gasteiger partial charge in [-0.3, -0.25) is 9.36 Å². The number of para-hydroxylation sites is 1.